The molecule has 3 aliphatic heterocycles. The van der Waals surface area contributed by atoms with Crippen molar-refractivity contribution >= 4 is 99.5 Å². The van der Waals surface area contributed by atoms with Gasteiger partial charge in [-0.05, 0) is 216 Å². The minimum atomic E-state index is -0.00848. The second-order valence-electron chi connectivity index (χ2n) is 39.8. The summed E-state index contributed by atoms with van der Waals surface area (Å²) in [4.78, 5) is 26.9. The van der Waals surface area contributed by atoms with E-state index in [1.165, 1.54) is 50.1 Å². The molecule has 25 rings (SSSR count). The normalized spacial score (nSPS) is 12.8. The number of para-hydroxylation sites is 3. The predicted molar refractivity (Wildman–Crippen MR) is 601 cm³/mol. The third-order valence-electron chi connectivity index (χ3n) is 26.8. The Bertz CT molecular complexity index is 8750. The van der Waals surface area contributed by atoms with Crippen molar-refractivity contribution in [2.45, 2.75) is 78.6 Å². The summed E-state index contributed by atoms with van der Waals surface area (Å²) in [6.07, 6.45) is 17.9. The fraction of sp³-hybridized carbons (Fsp3) is 0.0909. The molecule has 6 aromatic heterocycles. The topological polar surface area (TPSA) is 101 Å². The standard InChI is InChI=1S/C48H37N4O.2C42H33N4O.3Pt/c1-48(2,3)37-25-26-49-47(30-37)52-45-20-11-10-19-41(45)42-23-22-40(32-46(42)52)53-39-18-12-17-38(31-39)50-27-28-51(33-50)44-24-21-36(34-13-6-4-7-14-34)29-43(44)35-15-8-5-9-16-35;1-42(2,3)32-21-22-43-41(26-32)46-39-18-8-7-17-37(39)38-20-19-36(28-40(38)46)47-35-16-10-15-34(27-35)45-24-23-44(29-45)33-14-9-13-31(25-33)30-11-5-4-6-12-30;1-42(2,3)32-22-23-43-41(26-32)46-39-15-8-7-14-37(39)38-21-20-36(28-40(38)46)47-35-13-9-12-34(27-35)45-25-24-44(29-45)33-18-16-31(17-19-33)30-10-5-4-6-11-30;;;/h4-30,33H,1-3H3;2*4-26,29H,1-3H3;;;/q3*-3;;;. The van der Waals surface area contributed by atoms with Crippen LogP contribution in [0, 0.1) is 56.4 Å². The zero-order valence-corrected chi connectivity index (χ0v) is 90.7. The molecule has 0 unspecified atom stereocenters. The van der Waals surface area contributed by atoms with Gasteiger partial charge in [-0.15, -0.1) is 144 Å². The van der Waals surface area contributed by atoms with Gasteiger partial charge in [-0.1, -0.05) is 285 Å². The number of nitrogens with zero attached hydrogens (tertiary/aromatic N) is 12. The Morgan fingerprint density at radius 1 is 0.227 bits per heavy atom. The van der Waals surface area contributed by atoms with Gasteiger partial charge < -0.3 is 57.3 Å². The van der Waals surface area contributed by atoms with Crippen LogP contribution in [0.5, 0.6) is 34.5 Å². The Morgan fingerprint density at radius 3 is 0.913 bits per heavy atom. The van der Waals surface area contributed by atoms with Crippen LogP contribution < -0.4 is 43.6 Å². The molecule has 0 saturated carbocycles. The number of anilines is 6. The Balaban J connectivity index is 0.000000135. The molecule has 0 atom stereocenters. The van der Waals surface area contributed by atoms with Crippen molar-refractivity contribution in [2.75, 3.05) is 29.4 Å². The van der Waals surface area contributed by atoms with Gasteiger partial charge in [0.2, 0.25) is 0 Å². The molecule has 3 aliphatic rings. The first-order valence-corrected chi connectivity index (χ1v) is 49.4. The molecule has 22 aromatic rings. The molecule has 0 N–H and O–H groups in total. The van der Waals surface area contributed by atoms with Gasteiger partial charge in [0.15, 0.2) is 0 Å². The quantitative estimate of drug-likeness (QED) is 0.0721. The second kappa shape index (κ2) is 43.3. The SMILES string of the molecule is CC(C)(C)c1ccnc(-n2c3[c-]c(Oc4[c-]c(N5C=CN(c6ccc(-c7ccccc7)cc6)[CH-]5)ccc4)ccc3c3ccccc32)c1.CC(C)(C)c1ccnc(-n2c3[c-]c(Oc4[c-]c(N5C=CN(c6ccc(-c7ccccc7)cc6-c6ccccc6)[CH-]5)ccc4)ccc3c3ccccc32)c1.CC(C)(C)c1ccnc(-n2c3[c-]c(Oc4[c-]c(N5C=CN(c6cccc(-c7ccccc7)c6)[CH-]5)ccc4)ccc3c3ccccc32)c1.[Pt].[Pt].[Pt]. The third-order valence-corrected chi connectivity index (χ3v) is 26.8. The van der Waals surface area contributed by atoms with Crippen LogP contribution in [0.4, 0.5) is 34.1 Å². The molecular weight excluding hydrogens is 2390 g/mol. The maximum absolute atomic E-state index is 6.47. The van der Waals surface area contributed by atoms with Gasteiger partial charge in [0.25, 0.3) is 0 Å². The van der Waals surface area contributed by atoms with E-state index in [4.69, 9.17) is 29.2 Å². The maximum atomic E-state index is 6.47. The van der Waals surface area contributed by atoms with Crippen LogP contribution in [0.3, 0.4) is 0 Å². The molecule has 0 bridgehead atoms. The van der Waals surface area contributed by atoms with E-state index in [0.29, 0.717) is 34.5 Å². The molecule has 748 valence electrons. The minimum absolute atomic E-state index is 0. The van der Waals surface area contributed by atoms with Crippen molar-refractivity contribution in [1.29, 1.82) is 0 Å². The minimum Gasteiger partial charge on any atom is -0.509 e. The van der Waals surface area contributed by atoms with Gasteiger partial charge in [-0.2, -0.15) is 36.4 Å². The smallest absolute Gasteiger partial charge is 0.135 e. The van der Waals surface area contributed by atoms with Crippen LogP contribution in [0.1, 0.15) is 79.0 Å². The van der Waals surface area contributed by atoms with E-state index in [9.17, 15) is 0 Å². The first-order chi connectivity index (χ1) is 71.7. The van der Waals surface area contributed by atoms with E-state index in [0.717, 1.165) is 128 Å². The van der Waals surface area contributed by atoms with Crippen LogP contribution in [0.2, 0.25) is 0 Å². The molecular formula is C132H103N12O3Pt3-9. The van der Waals surface area contributed by atoms with Gasteiger partial charge >= 0.3 is 0 Å². The maximum Gasteiger partial charge on any atom is 0.135 e. The second-order valence-corrected chi connectivity index (χ2v) is 39.8. The summed E-state index contributed by atoms with van der Waals surface area (Å²) in [5.41, 5.74) is 25.0. The number of fused-ring (bicyclic) bond motifs is 9. The van der Waals surface area contributed by atoms with Crippen LogP contribution >= 0.6 is 0 Å². The average molecular weight is 2490 g/mol. The largest absolute Gasteiger partial charge is 0.509 e. The van der Waals surface area contributed by atoms with Crippen molar-refractivity contribution in [3.63, 3.8) is 0 Å². The Hall–Kier alpha value is -16.1. The monoisotopic (exact) mass is 2490 g/mol. The first kappa shape index (κ1) is 101. The molecule has 0 aliphatic carbocycles. The van der Waals surface area contributed by atoms with Crippen molar-refractivity contribution in [2.24, 2.45) is 0 Å². The van der Waals surface area contributed by atoms with Crippen LogP contribution in [0.15, 0.2) is 444 Å². The Labute approximate surface area is 919 Å². The summed E-state index contributed by atoms with van der Waals surface area (Å²) in [5, 5.41) is 6.74. The number of aromatic nitrogens is 6. The van der Waals surface area contributed by atoms with E-state index in [-0.39, 0.29) is 79.4 Å². The van der Waals surface area contributed by atoms with E-state index in [1.54, 1.807) is 0 Å². The molecule has 18 heteroatoms. The summed E-state index contributed by atoms with van der Waals surface area (Å²) in [5.74, 6) is 6.24. The average Bonchev–Trinajstić information content (AvgIpc) is 1.60. The summed E-state index contributed by atoms with van der Waals surface area (Å²) < 4.78 is 25.8. The third kappa shape index (κ3) is 21.3. The zero-order chi connectivity index (χ0) is 99.9. The van der Waals surface area contributed by atoms with E-state index < -0.39 is 0 Å². The number of ether oxygens (including phenoxy) is 3. The van der Waals surface area contributed by atoms with Gasteiger partial charge in [0.05, 0.1) is 0 Å². The zero-order valence-electron chi connectivity index (χ0n) is 83.9. The van der Waals surface area contributed by atoms with Crippen molar-refractivity contribution < 1.29 is 77.4 Å². The molecule has 150 heavy (non-hydrogen) atoms. The summed E-state index contributed by atoms with van der Waals surface area (Å²) in [6, 6.07) is 155. The fourth-order valence-electron chi connectivity index (χ4n) is 19.1. The van der Waals surface area contributed by atoms with E-state index in [1.807, 2.05) is 151 Å². The number of pyridine rings is 3. The number of hydrogen-bond acceptors (Lipinski definition) is 12. The first-order valence-electron chi connectivity index (χ1n) is 49.4. The fourth-order valence-corrected chi connectivity index (χ4v) is 19.1. The predicted octanol–water partition coefficient (Wildman–Crippen LogP) is 33.0. The number of hydrogen-bond donors (Lipinski definition) is 0. The molecule has 0 fully saturated rings. The molecule has 0 amide bonds. The Morgan fingerprint density at radius 2 is 0.527 bits per heavy atom. The molecule has 9 heterocycles. The van der Waals surface area contributed by atoms with Crippen molar-refractivity contribution in [3.8, 4) is 96.5 Å². The Kier molecular flexibility index (Phi) is 29.2. The van der Waals surface area contributed by atoms with E-state index in [2.05, 4.69) is 455 Å². The van der Waals surface area contributed by atoms with Gasteiger partial charge in [-0.25, -0.2) is 15.0 Å². The number of benzene rings is 16. The molecule has 0 saturated heterocycles. The van der Waals surface area contributed by atoms with Gasteiger partial charge in [-0.3, -0.25) is 0 Å². The molecule has 15 nitrogen and oxygen atoms in total. The van der Waals surface area contributed by atoms with Crippen LogP contribution in [-0.2, 0) is 79.4 Å². The molecule has 16 aromatic carbocycles. The van der Waals surface area contributed by atoms with Gasteiger partial charge in [0, 0.05) is 155 Å². The van der Waals surface area contributed by atoms with Crippen molar-refractivity contribution in [1.82, 2.24) is 28.7 Å². The summed E-state index contributed by atoms with van der Waals surface area (Å²) in [6.45, 7) is 26.2. The summed E-state index contributed by atoms with van der Waals surface area (Å²) in [7, 11) is 0. The van der Waals surface area contributed by atoms with E-state index >= 15 is 0 Å². The molecule has 0 radical (unpaired) electrons. The van der Waals surface area contributed by atoms with Crippen molar-refractivity contribution in [3.05, 3.63) is 517 Å². The number of rotatable bonds is 19. The van der Waals surface area contributed by atoms with Crippen LogP contribution in [-0.4, -0.2) is 28.7 Å². The molecule has 0 spiro atoms. The summed E-state index contributed by atoms with van der Waals surface area (Å²) >= 11 is 0. The van der Waals surface area contributed by atoms with Crippen LogP contribution in [0.25, 0.3) is 127 Å². The van der Waals surface area contributed by atoms with Gasteiger partial charge in [0.1, 0.15) is 17.5 Å².